The standard InChI is InChI=1S/C12H25.C3H5O.Po/c1-3-5-7-9-11-12-10-8-6-4-2;1-3-2-4-3;/h1,3-12H2,2H3;3H,1-2H2;. The van der Waals surface area contributed by atoms with Gasteiger partial charge in [-0.2, -0.15) is 0 Å². The number of epoxide rings is 1. The maximum atomic E-state index is 5.25. The topological polar surface area (TPSA) is 12.5 Å². The molecule has 1 fully saturated rings. The van der Waals surface area contributed by atoms with Crippen molar-refractivity contribution in [1.82, 2.24) is 0 Å². The Labute approximate surface area is 120 Å². The SMILES string of the molecule is CCCCCCCCCCC[CH2][Po][CH2]C1CO1. The summed E-state index contributed by atoms with van der Waals surface area (Å²) in [7, 11) is 0. The predicted molar refractivity (Wildman–Crippen MR) is 77.0 cm³/mol. The minimum absolute atomic E-state index is 0.0192. The fraction of sp³-hybridized carbons (Fsp3) is 1.00. The Morgan fingerprint density at radius 2 is 1.41 bits per heavy atom. The first-order valence-corrected chi connectivity index (χ1v) is 12.1. The molecule has 0 amide bonds. The van der Waals surface area contributed by atoms with Crippen molar-refractivity contribution in [3.05, 3.63) is 0 Å². The molecule has 0 aromatic rings. The van der Waals surface area contributed by atoms with Gasteiger partial charge in [-0.3, -0.25) is 0 Å². The van der Waals surface area contributed by atoms with Gasteiger partial charge in [0, 0.05) is 0 Å². The van der Waals surface area contributed by atoms with Crippen LogP contribution in [0.4, 0.5) is 0 Å². The van der Waals surface area contributed by atoms with Crippen LogP contribution in [-0.2, 0) is 4.74 Å². The van der Waals surface area contributed by atoms with Gasteiger partial charge in [-0.15, -0.1) is 0 Å². The first kappa shape index (κ1) is 15.9. The molecule has 1 rings (SSSR count). The molecule has 1 unspecified atom stereocenters. The molecule has 0 spiro atoms. The average Bonchev–Trinajstić information content (AvgIpc) is 3.15. The van der Waals surface area contributed by atoms with Crippen molar-refractivity contribution in [2.45, 2.75) is 85.4 Å². The first-order valence-electron chi connectivity index (χ1n) is 7.63. The summed E-state index contributed by atoms with van der Waals surface area (Å²) in [4.78, 5) is 0. The Hall–Kier alpha value is 0.856. The summed E-state index contributed by atoms with van der Waals surface area (Å²) < 4.78 is 8.33. The molecule has 0 radical (unpaired) electrons. The molecule has 1 aliphatic heterocycles. The van der Waals surface area contributed by atoms with Gasteiger partial charge >= 0.3 is 120 Å². The summed E-state index contributed by atoms with van der Waals surface area (Å²) in [6.07, 6.45) is 15.4. The summed E-state index contributed by atoms with van der Waals surface area (Å²) in [5.74, 6) is 0. The fourth-order valence-corrected chi connectivity index (χ4v) is 6.08. The van der Waals surface area contributed by atoms with E-state index in [-0.39, 0.29) is 23.6 Å². The molecule has 0 bridgehead atoms. The quantitative estimate of drug-likeness (QED) is 0.298. The molecule has 0 aromatic carbocycles. The Morgan fingerprint density at radius 3 is 1.94 bits per heavy atom. The van der Waals surface area contributed by atoms with Crippen LogP contribution in [0.25, 0.3) is 0 Å². The molecule has 1 nitrogen and oxygen atoms in total. The van der Waals surface area contributed by atoms with Crippen LogP contribution in [0.2, 0.25) is 8.16 Å². The molecular weight excluding hydrogens is 405 g/mol. The Morgan fingerprint density at radius 1 is 0.882 bits per heavy atom. The van der Waals surface area contributed by atoms with E-state index >= 15 is 0 Å². The first-order chi connectivity index (χ1) is 8.43. The van der Waals surface area contributed by atoms with E-state index in [1.807, 2.05) is 0 Å². The Balaban J connectivity index is 1.61. The molecule has 1 aliphatic rings. The monoisotopic (exact) mass is 435 g/mol. The van der Waals surface area contributed by atoms with Gasteiger partial charge in [0.25, 0.3) is 0 Å². The molecule has 0 aliphatic carbocycles. The summed E-state index contributed by atoms with van der Waals surface area (Å²) in [6, 6.07) is 0. The zero-order chi connectivity index (χ0) is 12.2. The minimum atomic E-state index is 0.0192. The zero-order valence-corrected chi connectivity index (χ0v) is 14.8. The molecule has 2 heteroatoms. The van der Waals surface area contributed by atoms with Crippen LogP contribution < -0.4 is 0 Å². The number of unbranched alkanes of at least 4 members (excludes halogenated alkanes) is 9. The number of hydrogen-bond acceptors (Lipinski definition) is 1. The van der Waals surface area contributed by atoms with Crippen LogP contribution in [0.1, 0.15) is 71.1 Å². The molecule has 1 atom stereocenters. The number of rotatable bonds is 13. The van der Waals surface area contributed by atoms with E-state index in [2.05, 4.69) is 6.92 Å². The Kier molecular flexibility index (Phi) is 11.2. The van der Waals surface area contributed by atoms with E-state index in [0.29, 0.717) is 0 Å². The van der Waals surface area contributed by atoms with E-state index in [0.717, 1.165) is 12.7 Å². The summed E-state index contributed by atoms with van der Waals surface area (Å²) >= 11 is 0.0192. The molecule has 102 valence electrons. The summed E-state index contributed by atoms with van der Waals surface area (Å²) in [6.45, 7) is 3.37. The molecule has 1 saturated heterocycles. The van der Waals surface area contributed by atoms with E-state index in [4.69, 9.17) is 4.74 Å². The molecule has 1 heterocycles. The van der Waals surface area contributed by atoms with Crippen molar-refractivity contribution >= 4 is 23.6 Å². The maximum absolute atomic E-state index is 5.25. The fourth-order valence-electron chi connectivity index (χ4n) is 2.07. The third kappa shape index (κ3) is 11.7. The van der Waals surface area contributed by atoms with Crippen molar-refractivity contribution < 1.29 is 4.74 Å². The van der Waals surface area contributed by atoms with Gasteiger partial charge in [0.05, 0.1) is 0 Å². The molecule has 17 heavy (non-hydrogen) atoms. The van der Waals surface area contributed by atoms with Gasteiger partial charge in [0.15, 0.2) is 0 Å². The number of ether oxygens (including phenoxy) is 1. The van der Waals surface area contributed by atoms with Crippen molar-refractivity contribution in [3.63, 3.8) is 0 Å². The molecular formula is C15H30OPo. The van der Waals surface area contributed by atoms with E-state index in [1.54, 1.807) is 4.08 Å². The van der Waals surface area contributed by atoms with E-state index < -0.39 is 0 Å². The second-order valence-corrected chi connectivity index (χ2v) is 9.68. The molecule has 0 aromatic heterocycles. The predicted octanol–water partition coefficient (Wildman–Crippen LogP) is 4.85. The third-order valence-corrected chi connectivity index (χ3v) is 7.95. The summed E-state index contributed by atoms with van der Waals surface area (Å²) in [5.41, 5.74) is 0. The second-order valence-electron chi connectivity index (χ2n) is 5.21. The second kappa shape index (κ2) is 11.9. The van der Waals surface area contributed by atoms with Gasteiger partial charge in [0.2, 0.25) is 0 Å². The van der Waals surface area contributed by atoms with Crippen LogP contribution in [0.15, 0.2) is 0 Å². The van der Waals surface area contributed by atoms with Gasteiger partial charge in [-0.05, 0) is 0 Å². The Bertz CT molecular complexity index is 157. The summed E-state index contributed by atoms with van der Waals surface area (Å²) in [5, 5.41) is 0. The van der Waals surface area contributed by atoms with Crippen LogP contribution in [0.5, 0.6) is 0 Å². The number of hydrogen-bond donors (Lipinski definition) is 0. The van der Waals surface area contributed by atoms with Crippen LogP contribution in [0, 0.1) is 0 Å². The molecule has 0 N–H and O–H groups in total. The van der Waals surface area contributed by atoms with Crippen molar-refractivity contribution in [3.8, 4) is 0 Å². The van der Waals surface area contributed by atoms with Crippen LogP contribution in [0.3, 0.4) is 0 Å². The van der Waals surface area contributed by atoms with Gasteiger partial charge in [-0.25, -0.2) is 0 Å². The van der Waals surface area contributed by atoms with Gasteiger partial charge < -0.3 is 0 Å². The van der Waals surface area contributed by atoms with E-state index in [9.17, 15) is 0 Å². The zero-order valence-electron chi connectivity index (χ0n) is 11.6. The average molecular weight is 435 g/mol. The van der Waals surface area contributed by atoms with E-state index in [1.165, 1.54) is 68.3 Å². The van der Waals surface area contributed by atoms with Crippen molar-refractivity contribution in [2.75, 3.05) is 6.61 Å². The van der Waals surface area contributed by atoms with Gasteiger partial charge in [-0.1, -0.05) is 0 Å². The van der Waals surface area contributed by atoms with Crippen LogP contribution >= 0.6 is 0 Å². The van der Waals surface area contributed by atoms with Crippen molar-refractivity contribution in [1.29, 1.82) is 0 Å². The molecule has 0 saturated carbocycles. The van der Waals surface area contributed by atoms with Gasteiger partial charge in [0.1, 0.15) is 0 Å². The third-order valence-electron chi connectivity index (χ3n) is 3.35. The normalized spacial score (nSPS) is 18.5. The van der Waals surface area contributed by atoms with Crippen molar-refractivity contribution in [2.24, 2.45) is 0 Å². The van der Waals surface area contributed by atoms with Crippen LogP contribution in [-0.4, -0.2) is 36.3 Å².